The second kappa shape index (κ2) is 11.2. The predicted octanol–water partition coefficient (Wildman–Crippen LogP) is 6.50. The maximum absolute atomic E-state index is 12.2. The van der Waals surface area contributed by atoms with Gasteiger partial charge in [0.15, 0.2) is 0 Å². The molecule has 0 atom stereocenters. The molecule has 3 aromatic rings. The molecule has 0 bridgehead atoms. The van der Waals surface area contributed by atoms with Crippen molar-refractivity contribution in [1.82, 2.24) is 10.3 Å². The van der Waals surface area contributed by atoms with Gasteiger partial charge in [-0.05, 0) is 49.6 Å². The van der Waals surface area contributed by atoms with Crippen LogP contribution in [0.3, 0.4) is 0 Å². The van der Waals surface area contributed by atoms with Gasteiger partial charge in [-0.25, -0.2) is 9.78 Å². The van der Waals surface area contributed by atoms with Crippen LogP contribution >= 0.6 is 23.2 Å². The van der Waals surface area contributed by atoms with Crippen molar-refractivity contribution in [2.45, 2.75) is 39.7 Å². The van der Waals surface area contributed by atoms with Crippen molar-refractivity contribution in [1.29, 1.82) is 0 Å². The molecule has 0 aliphatic heterocycles. The number of carbonyl (C=O) groups is 1. The fraction of sp³-hybridized carbons (Fsp3) is 0.333. The third kappa shape index (κ3) is 6.25. The zero-order valence-electron chi connectivity index (χ0n) is 17.7. The summed E-state index contributed by atoms with van der Waals surface area (Å²) in [5, 5.41) is 4.72. The first-order valence-corrected chi connectivity index (χ1v) is 11.1. The molecule has 2 aromatic carbocycles. The normalized spacial score (nSPS) is 10.8. The monoisotopic (exact) mass is 460 g/mol. The molecule has 1 N–H and O–H groups in total. The highest BCUT2D eigenvalue weighted by Crippen LogP contribution is 2.31. The number of benzene rings is 2. The summed E-state index contributed by atoms with van der Waals surface area (Å²) < 4.78 is 11.5. The molecule has 0 saturated heterocycles. The van der Waals surface area contributed by atoms with E-state index in [1.54, 1.807) is 12.1 Å². The summed E-state index contributed by atoms with van der Waals surface area (Å²) in [7, 11) is 0. The molecule has 0 unspecified atom stereocenters. The quantitative estimate of drug-likeness (QED) is 0.370. The minimum atomic E-state index is -0.497. The van der Waals surface area contributed by atoms with Gasteiger partial charge in [0, 0.05) is 17.5 Å². The van der Waals surface area contributed by atoms with Crippen LogP contribution in [0.2, 0.25) is 10.0 Å². The SMILES string of the molecule is CCCCOc1c(C)c(COC(=O)NCCc2ccc(Cl)c(Cl)c2)nc2ccccc12. The number of alkyl carbamates (subject to hydrolysis) is 1. The van der Waals surface area contributed by atoms with Gasteiger partial charge in [0.2, 0.25) is 0 Å². The highest BCUT2D eigenvalue weighted by molar-refractivity contribution is 6.42. The van der Waals surface area contributed by atoms with Crippen molar-refractivity contribution in [2.75, 3.05) is 13.2 Å². The highest BCUT2D eigenvalue weighted by Gasteiger charge is 2.14. The molecule has 3 rings (SSSR count). The molecule has 0 aliphatic rings. The second-order valence-electron chi connectivity index (χ2n) is 7.23. The lowest BCUT2D eigenvalue weighted by Gasteiger charge is -2.15. The average Bonchev–Trinajstić information content (AvgIpc) is 2.76. The summed E-state index contributed by atoms with van der Waals surface area (Å²) in [5.74, 6) is 0.803. The number of nitrogens with one attached hydrogen (secondary N) is 1. The lowest BCUT2D eigenvalue weighted by Crippen LogP contribution is -2.26. The topological polar surface area (TPSA) is 60.5 Å². The van der Waals surface area contributed by atoms with Crippen LogP contribution in [0.1, 0.15) is 36.6 Å². The van der Waals surface area contributed by atoms with Gasteiger partial charge in [-0.1, -0.05) is 54.7 Å². The molecule has 5 nitrogen and oxygen atoms in total. The molecular weight excluding hydrogens is 435 g/mol. The Morgan fingerprint density at radius 3 is 2.71 bits per heavy atom. The fourth-order valence-electron chi connectivity index (χ4n) is 3.16. The van der Waals surface area contributed by atoms with Gasteiger partial charge >= 0.3 is 6.09 Å². The number of carbonyl (C=O) groups excluding carboxylic acids is 1. The lowest BCUT2D eigenvalue weighted by molar-refractivity contribution is 0.138. The van der Waals surface area contributed by atoms with E-state index in [0.717, 1.165) is 40.6 Å². The van der Waals surface area contributed by atoms with E-state index in [1.165, 1.54) is 0 Å². The highest BCUT2D eigenvalue weighted by atomic mass is 35.5. The molecule has 1 aromatic heterocycles. The molecule has 0 aliphatic carbocycles. The first kappa shape index (κ1) is 23.2. The Morgan fingerprint density at radius 2 is 1.94 bits per heavy atom. The van der Waals surface area contributed by atoms with Crippen LogP contribution in [-0.4, -0.2) is 24.2 Å². The van der Waals surface area contributed by atoms with Crippen LogP contribution in [0, 0.1) is 6.92 Å². The van der Waals surface area contributed by atoms with Crippen molar-refractivity contribution in [3.05, 3.63) is 69.3 Å². The van der Waals surface area contributed by atoms with Gasteiger partial charge < -0.3 is 14.8 Å². The van der Waals surface area contributed by atoms with Gasteiger partial charge in [0.1, 0.15) is 12.4 Å². The number of fused-ring (bicyclic) bond motifs is 1. The van der Waals surface area contributed by atoms with Gasteiger partial charge in [-0.3, -0.25) is 0 Å². The average molecular weight is 461 g/mol. The molecule has 0 radical (unpaired) electrons. The fourth-order valence-corrected chi connectivity index (χ4v) is 3.48. The largest absolute Gasteiger partial charge is 0.493 e. The van der Waals surface area contributed by atoms with E-state index in [1.807, 2.05) is 37.3 Å². The minimum Gasteiger partial charge on any atom is -0.493 e. The van der Waals surface area contributed by atoms with Crippen LogP contribution in [0.5, 0.6) is 5.75 Å². The van der Waals surface area contributed by atoms with Gasteiger partial charge in [0.25, 0.3) is 0 Å². The van der Waals surface area contributed by atoms with Crippen molar-refractivity contribution < 1.29 is 14.3 Å². The van der Waals surface area contributed by atoms with E-state index in [2.05, 4.69) is 17.2 Å². The summed E-state index contributed by atoms with van der Waals surface area (Å²) >= 11 is 11.9. The number of rotatable bonds is 9. The van der Waals surface area contributed by atoms with Crippen LogP contribution in [0.25, 0.3) is 10.9 Å². The van der Waals surface area contributed by atoms with Gasteiger partial charge in [-0.15, -0.1) is 0 Å². The number of nitrogens with zero attached hydrogens (tertiary/aromatic N) is 1. The zero-order valence-corrected chi connectivity index (χ0v) is 19.2. The number of aromatic nitrogens is 1. The third-order valence-electron chi connectivity index (χ3n) is 4.93. The van der Waals surface area contributed by atoms with E-state index in [9.17, 15) is 4.79 Å². The van der Waals surface area contributed by atoms with Crippen LogP contribution < -0.4 is 10.1 Å². The first-order valence-electron chi connectivity index (χ1n) is 10.3. The van der Waals surface area contributed by atoms with Gasteiger partial charge in [-0.2, -0.15) is 0 Å². The number of amides is 1. The van der Waals surface area contributed by atoms with Crippen LogP contribution in [0.15, 0.2) is 42.5 Å². The van der Waals surface area contributed by atoms with Crippen molar-refractivity contribution in [2.24, 2.45) is 0 Å². The van der Waals surface area contributed by atoms with Crippen molar-refractivity contribution >= 4 is 40.2 Å². The summed E-state index contributed by atoms with van der Waals surface area (Å²) in [6, 6.07) is 13.2. The second-order valence-corrected chi connectivity index (χ2v) is 8.05. The summed E-state index contributed by atoms with van der Waals surface area (Å²) in [6.45, 7) is 5.20. The number of para-hydroxylation sites is 1. The van der Waals surface area contributed by atoms with E-state index in [-0.39, 0.29) is 6.61 Å². The Bertz CT molecular complexity index is 1060. The van der Waals surface area contributed by atoms with Crippen molar-refractivity contribution in [3.8, 4) is 5.75 Å². The molecule has 164 valence electrons. The lowest BCUT2D eigenvalue weighted by atomic mass is 10.1. The number of hydrogen-bond donors (Lipinski definition) is 1. The third-order valence-corrected chi connectivity index (χ3v) is 5.67. The number of ether oxygens (including phenoxy) is 2. The molecular formula is C24H26Cl2N2O3. The molecule has 1 heterocycles. The summed E-state index contributed by atoms with van der Waals surface area (Å²) in [6.07, 6.45) is 2.15. The molecule has 0 saturated carbocycles. The van der Waals surface area contributed by atoms with E-state index in [4.69, 9.17) is 32.7 Å². The van der Waals surface area contributed by atoms with Gasteiger partial charge in [0.05, 0.1) is 27.9 Å². The Kier molecular flexibility index (Phi) is 8.38. The molecule has 31 heavy (non-hydrogen) atoms. The smallest absolute Gasteiger partial charge is 0.407 e. The molecule has 1 amide bonds. The minimum absolute atomic E-state index is 0.0689. The van der Waals surface area contributed by atoms with E-state index in [0.29, 0.717) is 35.3 Å². The Hall–Kier alpha value is -2.50. The number of unbranched alkanes of at least 4 members (excludes halogenated alkanes) is 1. The van der Waals surface area contributed by atoms with E-state index >= 15 is 0 Å². The summed E-state index contributed by atoms with van der Waals surface area (Å²) in [5.41, 5.74) is 3.37. The number of pyridine rings is 1. The predicted molar refractivity (Wildman–Crippen MR) is 125 cm³/mol. The zero-order chi connectivity index (χ0) is 22.2. The number of hydrogen-bond acceptors (Lipinski definition) is 4. The molecule has 7 heteroatoms. The maximum atomic E-state index is 12.2. The Balaban J connectivity index is 1.61. The molecule has 0 fully saturated rings. The first-order chi connectivity index (χ1) is 15.0. The Morgan fingerprint density at radius 1 is 1.13 bits per heavy atom. The summed E-state index contributed by atoms with van der Waals surface area (Å²) in [4.78, 5) is 16.8. The maximum Gasteiger partial charge on any atom is 0.407 e. The van der Waals surface area contributed by atoms with Crippen LogP contribution in [0.4, 0.5) is 4.79 Å². The van der Waals surface area contributed by atoms with E-state index < -0.39 is 6.09 Å². The number of halogens is 2. The van der Waals surface area contributed by atoms with Crippen molar-refractivity contribution in [3.63, 3.8) is 0 Å². The standard InChI is InChI=1S/C24H26Cl2N2O3/c1-3-4-13-30-23-16(2)22(28-21-8-6-5-7-18(21)23)15-31-24(29)27-12-11-17-9-10-19(25)20(26)14-17/h5-10,14H,3-4,11-13,15H2,1-2H3,(H,27,29). The molecule has 0 spiro atoms. The Labute approximate surface area is 192 Å². The van der Waals surface area contributed by atoms with Crippen LogP contribution in [-0.2, 0) is 17.8 Å².